The Morgan fingerprint density at radius 3 is 2.81 bits per heavy atom. The van der Waals surface area contributed by atoms with Crippen molar-refractivity contribution in [1.29, 1.82) is 0 Å². The van der Waals surface area contributed by atoms with E-state index in [4.69, 9.17) is 4.74 Å². The number of piperidine rings is 1. The third kappa shape index (κ3) is 5.83. The molecule has 2 amide bonds. The van der Waals surface area contributed by atoms with Gasteiger partial charge in [0.15, 0.2) is 0 Å². The van der Waals surface area contributed by atoms with Gasteiger partial charge in [0.1, 0.15) is 17.1 Å². The van der Waals surface area contributed by atoms with Crippen molar-refractivity contribution in [3.63, 3.8) is 0 Å². The first-order chi connectivity index (χ1) is 15.3. The fourth-order valence-electron chi connectivity index (χ4n) is 3.80. The molecule has 0 aromatic carbocycles. The number of carbonyl (C=O) groups is 3. The maximum atomic E-state index is 12.7. The van der Waals surface area contributed by atoms with E-state index in [1.165, 1.54) is 10.9 Å². The molecule has 32 heavy (non-hydrogen) atoms. The van der Waals surface area contributed by atoms with Crippen molar-refractivity contribution in [3.05, 3.63) is 33.6 Å². The molecule has 9 nitrogen and oxygen atoms in total. The number of nitrogens with one attached hydrogen (secondary N) is 1. The molecule has 3 rings (SSSR count). The summed E-state index contributed by atoms with van der Waals surface area (Å²) in [6, 6.07) is 3.70. The lowest BCUT2D eigenvalue weighted by Gasteiger charge is -2.33. The van der Waals surface area contributed by atoms with E-state index in [9.17, 15) is 18.6 Å². The standard InChI is InChI=1S/C21H28N4O5S2/c1-4-30-21(28)19-14(2)23-25(20(19)32(3)29)13-17(26)22-15-7-5-9-24(12-15)18(27)11-16-8-6-10-31-16/h6,8,10,15H,4-5,7,9,11-13H2,1-3H3,(H,22,26)/t15-,32?/m0/s1. The summed E-state index contributed by atoms with van der Waals surface area (Å²) in [4.78, 5) is 40.4. The molecule has 1 aliphatic rings. The average Bonchev–Trinajstić information content (AvgIpc) is 3.35. The highest BCUT2D eigenvalue weighted by Gasteiger charge is 2.28. The summed E-state index contributed by atoms with van der Waals surface area (Å²) in [6.07, 6.45) is 3.38. The number of esters is 1. The Morgan fingerprint density at radius 2 is 2.16 bits per heavy atom. The van der Waals surface area contributed by atoms with Crippen molar-refractivity contribution in [1.82, 2.24) is 20.0 Å². The number of likely N-dealkylation sites (tertiary alicyclic amines) is 1. The maximum absolute atomic E-state index is 12.7. The van der Waals surface area contributed by atoms with Crippen LogP contribution in [0.4, 0.5) is 0 Å². The van der Waals surface area contributed by atoms with Crippen molar-refractivity contribution in [2.45, 2.75) is 50.7 Å². The second-order valence-electron chi connectivity index (χ2n) is 7.60. The molecule has 2 atom stereocenters. The maximum Gasteiger partial charge on any atom is 0.342 e. The highest BCUT2D eigenvalue weighted by Crippen LogP contribution is 2.19. The Labute approximate surface area is 193 Å². The number of thiophene rings is 1. The predicted octanol–water partition coefficient (Wildman–Crippen LogP) is 1.52. The molecular weight excluding hydrogens is 452 g/mol. The fraction of sp³-hybridized carbons (Fsp3) is 0.524. The molecule has 2 aromatic rings. The van der Waals surface area contributed by atoms with Crippen molar-refractivity contribution in [2.24, 2.45) is 0 Å². The van der Waals surface area contributed by atoms with Crippen LogP contribution in [0.5, 0.6) is 0 Å². The van der Waals surface area contributed by atoms with Gasteiger partial charge in [-0.05, 0) is 38.1 Å². The Kier molecular flexibility index (Phi) is 8.19. The van der Waals surface area contributed by atoms with Crippen molar-refractivity contribution >= 4 is 39.9 Å². The van der Waals surface area contributed by atoms with Gasteiger partial charge in [-0.25, -0.2) is 9.48 Å². The number of ether oxygens (including phenoxy) is 1. The number of hydrogen-bond acceptors (Lipinski definition) is 7. The Hall–Kier alpha value is -2.53. The van der Waals surface area contributed by atoms with Gasteiger partial charge in [0.2, 0.25) is 11.8 Å². The van der Waals surface area contributed by atoms with Crippen molar-refractivity contribution in [3.8, 4) is 0 Å². The first-order valence-corrected chi connectivity index (χ1v) is 12.9. The first kappa shape index (κ1) is 24.1. The molecule has 0 spiro atoms. The minimum Gasteiger partial charge on any atom is -0.462 e. The average molecular weight is 481 g/mol. The largest absolute Gasteiger partial charge is 0.462 e. The monoisotopic (exact) mass is 480 g/mol. The van der Waals surface area contributed by atoms with E-state index in [1.807, 2.05) is 17.5 Å². The van der Waals surface area contributed by atoms with Gasteiger partial charge in [0.05, 0.1) is 29.5 Å². The molecule has 1 unspecified atom stereocenters. The van der Waals surface area contributed by atoms with E-state index in [0.29, 0.717) is 25.2 Å². The van der Waals surface area contributed by atoms with Crippen LogP contribution in [0.3, 0.4) is 0 Å². The molecule has 3 heterocycles. The topological polar surface area (TPSA) is 111 Å². The third-order valence-corrected chi connectivity index (χ3v) is 7.01. The lowest BCUT2D eigenvalue weighted by molar-refractivity contribution is -0.133. The van der Waals surface area contributed by atoms with Crippen LogP contribution in [0, 0.1) is 6.92 Å². The molecule has 0 saturated carbocycles. The summed E-state index contributed by atoms with van der Waals surface area (Å²) in [7, 11) is -1.54. The molecule has 0 aliphatic carbocycles. The van der Waals surface area contributed by atoms with Crippen LogP contribution >= 0.6 is 11.3 Å². The SMILES string of the molecule is CCOC(=O)c1c(C)nn(CC(=O)N[C@H]2CCCN(C(=O)Cc3cccs3)C2)c1S(C)=O. The number of carbonyl (C=O) groups excluding carboxylic acids is 3. The molecule has 0 radical (unpaired) electrons. The molecule has 0 bridgehead atoms. The summed E-state index contributed by atoms with van der Waals surface area (Å²) < 4.78 is 18.6. The number of amides is 2. The molecular formula is C21H28N4O5S2. The Bertz CT molecular complexity index is 1000. The summed E-state index contributed by atoms with van der Waals surface area (Å²) >= 11 is 1.55. The number of hydrogen-bond donors (Lipinski definition) is 1. The van der Waals surface area contributed by atoms with Crippen LogP contribution in [0.2, 0.25) is 0 Å². The van der Waals surface area contributed by atoms with E-state index >= 15 is 0 Å². The number of rotatable bonds is 8. The zero-order valence-electron chi connectivity index (χ0n) is 18.5. The Morgan fingerprint density at radius 1 is 1.38 bits per heavy atom. The summed E-state index contributed by atoms with van der Waals surface area (Å²) in [5.41, 5.74) is 0.507. The smallest absolute Gasteiger partial charge is 0.342 e. The van der Waals surface area contributed by atoms with Gasteiger partial charge in [-0.15, -0.1) is 11.3 Å². The van der Waals surface area contributed by atoms with E-state index in [-0.39, 0.29) is 41.6 Å². The van der Waals surface area contributed by atoms with Gasteiger partial charge in [0, 0.05) is 30.3 Å². The van der Waals surface area contributed by atoms with E-state index in [1.54, 1.807) is 30.1 Å². The van der Waals surface area contributed by atoms with Crippen LogP contribution in [0.15, 0.2) is 22.5 Å². The highest BCUT2D eigenvalue weighted by atomic mass is 32.2. The first-order valence-electron chi connectivity index (χ1n) is 10.5. The predicted molar refractivity (Wildman–Crippen MR) is 121 cm³/mol. The number of nitrogens with zero attached hydrogens (tertiary/aromatic N) is 3. The van der Waals surface area contributed by atoms with Crippen LogP contribution in [0.1, 0.15) is 40.7 Å². The van der Waals surface area contributed by atoms with Gasteiger partial charge in [-0.3, -0.25) is 13.8 Å². The molecule has 2 aromatic heterocycles. The van der Waals surface area contributed by atoms with E-state index in [0.717, 1.165) is 17.7 Å². The molecule has 1 fully saturated rings. The zero-order chi connectivity index (χ0) is 23.3. The minimum atomic E-state index is -1.54. The van der Waals surface area contributed by atoms with Gasteiger partial charge in [-0.2, -0.15) is 5.10 Å². The number of aromatic nitrogens is 2. The van der Waals surface area contributed by atoms with Crippen LogP contribution in [-0.4, -0.2) is 68.7 Å². The number of aryl methyl sites for hydroxylation is 1. The second-order valence-corrected chi connectivity index (χ2v) is 9.93. The van der Waals surface area contributed by atoms with E-state index in [2.05, 4.69) is 10.4 Å². The Balaban J connectivity index is 1.64. The quantitative estimate of drug-likeness (QED) is 0.574. The lowest BCUT2D eigenvalue weighted by Crippen LogP contribution is -2.50. The zero-order valence-corrected chi connectivity index (χ0v) is 20.1. The second kappa shape index (κ2) is 10.9. The summed E-state index contributed by atoms with van der Waals surface area (Å²) in [5, 5.41) is 9.33. The lowest BCUT2D eigenvalue weighted by atomic mass is 10.1. The van der Waals surface area contributed by atoms with Crippen molar-refractivity contribution in [2.75, 3.05) is 26.0 Å². The summed E-state index contributed by atoms with van der Waals surface area (Å²) in [6.45, 7) is 4.45. The third-order valence-electron chi connectivity index (χ3n) is 5.17. The van der Waals surface area contributed by atoms with Gasteiger partial charge < -0.3 is 15.0 Å². The van der Waals surface area contributed by atoms with Crippen LogP contribution in [0.25, 0.3) is 0 Å². The highest BCUT2D eigenvalue weighted by molar-refractivity contribution is 7.84. The van der Waals surface area contributed by atoms with Crippen LogP contribution < -0.4 is 5.32 Å². The molecule has 1 aliphatic heterocycles. The van der Waals surface area contributed by atoms with Gasteiger partial charge in [-0.1, -0.05) is 6.07 Å². The normalized spacial score (nSPS) is 17.1. The van der Waals surface area contributed by atoms with Crippen LogP contribution in [-0.2, 0) is 38.1 Å². The minimum absolute atomic E-state index is 0.0526. The molecule has 11 heteroatoms. The van der Waals surface area contributed by atoms with Gasteiger partial charge >= 0.3 is 5.97 Å². The molecule has 174 valence electrons. The van der Waals surface area contributed by atoms with E-state index < -0.39 is 16.8 Å². The van der Waals surface area contributed by atoms with Gasteiger partial charge in [0.25, 0.3) is 0 Å². The molecule has 1 N–H and O–H groups in total. The van der Waals surface area contributed by atoms with Crippen molar-refractivity contribution < 1.29 is 23.3 Å². The fourth-order valence-corrected chi connectivity index (χ4v) is 5.42. The summed E-state index contributed by atoms with van der Waals surface area (Å²) in [5.74, 6) is -0.863. The molecule has 1 saturated heterocycles.